The van der Waals surface area contributed by atoms with Crippen molar-refractivity contribution in [2.75, 3.05) is 5.43 Å². The Balaban J connectivity index is 1.79. The standard InChI is InChI=1S/C16H12ClN3O/c17-12-5-8-13(9-6-12)20-18-10-14-7-4-11-2-1-3-15(21)16(11)19-14/h1-10,20-21H/b18-10+. The van der Waals surface area contributed by atoms with Gasteiger partial charge in [0, 0.05) is 10.4 Å². The second kappa shape index (κ2) is 5.81. The molecule has 1 aromatic heterocycles. The minimum Gasteiger partial charge on any atom is -0.506 e. The topological polar surface area (TPSA) is 57.5 Å². The van der Waals surface area contributed by atoms with E-state index in [2.05, 4.69) is 15.5 Å². The van der Waals surface area contributed by atoms with E-state index in [4.69, 9.17) is 11.6 Å². The molecule has 3 rings (SSSR count). The number of anilines is 1. The molecular weight excluding hydrogens is 286 g/mol. The summed E-state index contributed by atoms with van der Waals surface area (Å²) in [6.07, 6.45) is 1.60. The van der Waals surface area contributed by atoms with E-state index in [1.807, 2.05) is 30.3 Å². The summed E-state index contributed by atoms with van der Waals surface area (Å²) < 4.78 is 0. The highest BCUT2D eigenvalue weighted by Crippen LogP contribution is 2.21. The molecule has 0 fully saturated rings. The first-order valence-electron chi connectivity index (χ1n) is 6.36. The van der Waals surface area contributed by atoms with Gasteiger partial charge in [-0.2, -0.15) is 5.10 Å². The van der Waals surface area contributed by atoms with Crippen LogP contribution in [0.2, 0.25) is 5.02 Å². The van der Waals surface area contributed by atoms with Gasteiger partial charge in [-0.1, -0.05) is 29.8 Å². The van der Waals surface area contributed by atoms with Gasteiger partial charge >= 0.3 is 0 Å². The Kier molecular flexibility index (Phi) is 3.71. The molecule has 5 heteroatoms. The summed E-state index contributed by atoms with van der Waals surface area (Å²) in [5.41, 5.74) is 4.94. The van der Waals surface area contributed by atoms with Crippen molar-refractivity contribution in [2.24, 2.45) is 5.10 Å². The van der Waals surface area contributed by atoms with Crippen LogP contribution in [0.5, 0.6) is 5.75 Å². The highest BCUT2D eigenvalue weighted by atomic mass is 35.5. The Morgan fingerprint density at radius 3 is 2.67 bits per heavy atom. The number of rotatable bonds is 3. The Labute approximate surface area is 126 Å². The summed E-state index contributed by atoms with van der Waals surface area (Å²) in [5.74, 6) is 0.161. The summed E-state index contributed by atoms with van der Waals surface area (Å²) in [5, 5.41) is 15.5. The quantitative estimate of drug-likeness (QED) is 0.566. The van der Waals surface area contributed by atoms with Gasteiger partial charge in [-0.25, -0.2) is 4.98 Å². The molecule has 0 aliphatic rings. The van der Waals surface area contributed by atoms with Crippen LogP contribution in [0, 0.1) is 0 Å². The molecule has 3 aromatic rings. The van der Waals surface area contributed by atoms with E-state index in [1.54, 1.807) is 30.5 Å². The van der Waals surface area contributed by atoms with Gasteiger partial charge in [0.1, 0.15) is 11.3 Å². The summed E-state index contributed by atoms with van der Waals surface area (Å²) >= 11 is 5.81. The molecule has 0 radical (unpaired) electrons. The molecule has 0 amide bonds. The molecule has 21 heavy (non-hydrogen) atoms. The van der Waals surface area contributed by atoms with E-state index in [9.17, 15) is 5.11 Å². The molecule has 0 spiro atoms. The lowest BCUT2D eigenvalue weighted by Crippen LogP contribution is -1.93. The lowest BCUT2D eigenvalue weighted by Gasteiger charge is -2.02. The maximum Gasteiger partial charge on any atom is 0.141 e. The lowest BCUT2D eigenvalue weighted by molar-refractivity contribution is 0.480. The van der Waals surface area contributed by atoms with Gasteiger partial charge in [0.25, 0.3) is 0 Å². The predicted molar refractivity (Wildman–Crippen MR) is 86.1 cm³/mol. The molecular formula is C16H12ClN3O. The Hall–Kier alpha value is -2.59. The second-order valence-electron chi connectivity index (χ2n) is 4.46. The molecule has 0 bridgehead atoms. The SMILES string of the molecule is Oc1cccc2ccc(/C=N/Nc3ccc(Cl)cc3)nc12. The van der Waals surface area contributed by atoms with Crippen molar-refractivity contribution < 1.29 is 5.11 Å². The molecule has 104 valence electrons. The first-order chi connectivity index (χ1) is 10.2. The number of nitrogens with zero attached hydrogens (tertiary/aromatic N) is 2. The highest BCUT2D eigenvalue weighted by Gasteiger charge is 2.01. The molecule has 0 atom stereocenters. The maximum atomic E-state index is 9.79. The number of aromatic hydroxyl groups is 1. The number of benzene rings is 2. The third-order valence-electron chi connectivity index (χ3n) is 2.96. The first kappa shape index (κ1) is 13.4. The third-order valence-corrected chi connectivity index (χ3v) is 3.21. The average Bonchev–Trinajstić information content (AvgIpc) is 2.50. The largest absolute Gasteiger partial charge is 0.506 e. The number of hydrogen-bond donors (Lipinski definition) is 2. The molecule has 2 aromatic carbocycles. The predicted octanol–water partition coefficient (Wildman–Crippen LogP) is 4.04. The summed E-state index contributed by atoms with van der Waals surface area (Å²) in [6.45, 7) is 0. The molecule has 0 unspecified atom stereocenters. The van der Waals surface area contributed by atoms with Gasteiger partial charge in [0.15, 0.2) is 0 Å². The van der Waals surface area contributed by atoms with Gasteiger partial charge in [0.05, 0.1) is 17.6 Å². The van der Waals surface area contributed by atoms with Crippen molar-refractivity contribution >= 4 is 34.4 Å². The van der Waals surface area contributed by atoms with Crippen LogP contribution in [0.3, 0.4) is 0 Å². The van der Waals surface area contributed by atoms with Gasteiger partial charge in [0.2, 0.25) is 0 Å². The van der Waals surface area contributed by atoms with E-state index in [0.29, 0.717) is 16.2 Å². The van der Waals surface area contributed by atoms with Crippen molar-refractivity contribution in [1.29, 1.82) is 0 Å². The van der Waals surface area contributed by atoms with E-state index in [-0.39, 0.29) is 5.75 Å². The fraction of sp³-hybridized carbons (Fsp3) is 0. The number of nitrogens with one attached hydrogen (secondary N) is 1. The zero-order valence-corrected chi connectivity index (χ0v) is 11.7. The number of phenolic OH excluding ortho intramolecular Hbond substituents is 1. The van der Waals surface area contributed by atoms with Gasteiger partial charge in [-0.3, -0.25) is 5.43 Å². The van der Waals surface area contributed by atoms with Crippen LogP contribution in [0.15, 0.2) is 59.7 Å². The fourth-order valence-electron chi connectivity index (χ4n) is 1.92. The lowest BCUT2D eigenvalue weighted by atomic mass is 10.2. The van der Waals surface area contributed by atoms with E-state index < -0.39 is 0 Å². The monoisotopic (exact) mass is 297 g/mol. The van der Waals surface area contributed by atoms with Crippen molar-refractivity contribution in [2.45, 2.75) is 0 Å². The van der Waals surface area contributed by atoms with Crippen LogP contribution < -0.4 is 5.43 Å². The average molecular weight is 298 g/mol. The van der Waals surface area contributed by atoms with Gasteiger partial charge in [-0.15, -0.1) is 0 Å². The summed E-state index contributed by atoms with van der Waals surface area (Å²) in [6, 6.07) is 16.3. The third kappa shape index (κ3) is 3.12. The molecule has 0 saturated heterocycles. The minimum atomic E-state index is 0.161. The van der Waals surface area contributed by atoms with E-state index in [0.717, 1.165) is 11.1 Å². The fourth-order valence-corrected chi connectivity index (χ4v) is 2.04. The normalized spacial score (nSPS) is 11.1. The Bertz CT molecular complexity index is 800. The van der Waals surface area contributed by atoms with Crippen molar-refractivity contribution in [3.05, 3.63) is 65.3 Å². The number of hydrazone groups is 1. The minimum absolute atomic E-state index is 0.161. The number of phenols is 1. The molecule has 0 saturated carbocycles. The maximum absolute atomic E-state index is 9.79. The van der Waals surface area contributed by atoms with Crippen molar-refractivity contribution in [3.63, 3.8) is 0 Å². The zero-order chi connectivity index (χ0) is 14.7. The van der Waals surface area contributed by atoms with Crippen LogP contribution in [0.1, 0.15) is 5.69 Å². The summed E-state index contributed by atoms with van der Waals surface area (Å²) in [4.78, 5) is 4.36. The van der Waals surface area contributed by atoms with Crippen LogP contribution in [0.4, 0.5) is 5.69 Å². The van der Waals surface area contributed by atoms with Crippen molar-refractivity contribution in [1.82, 2.24) is 4.98 Å². The van der Waals surface area contributed by atoms with Crippen molar-refractivity contribution in [3.8, 4) is 5.75 Å². The molecule has 0 aliphatic carbocycles. The van der Waals surface area contributed by atoms with E-state index in [1.165, 1.54) is 0 Å². The smallest absolute Gasteiger partial charge is 0.141 e. The van der Waals surface area contributed by atoms with Crippen LogP contribution >= 0.6 is 11.6 Å². The molecule has 4 nitrogen and oxygen atoms in total. The van der Waals surface area contributed by atoms with Crippen LogP contribution in [0.25, 0.3) is 10.9 Å². The number of hydrogen-bond acceptors (Lipinski definition) is 4. The molecule has 1 heterocycles. The zero-order valence-electron chi connectivity index (χ0n) is 11.0. The number of pyridine rings is 1. The van der Waals surface area contributed by atoms with Gasteiger partial charge in [-0.05, 0) is 36.4 Å². The molecule has 0 aliphatic heterocycles. The highest BCUT2D eigenvalue weighted by molar-refractivity contribution is 6.30. The molecule has 2 N–H and O–H groups in total. The Morgan fingerprint density at radius 2 is 1.86 bits per heavy atom. The van der Waals surface area contributed by atoms with E-state index >= 15 is 0 Å². The number of halogens is 1. The summed E-state index contributed by atoms with van der Waals surface area (Å²) in [7, 11) is 0. The number of fused-ring (bicyclic) bond motifs is 1. The van der Waals surface area contributed by atoms with Gasteiger partial charge < -0.3 is 5.11 Å². The first-order valence-corrected chi connectivity index (χ1v) is 6.73. The number of para-hydroxylation sites is 1. The van der Waals surface area contributed by atoms with Crippen LogP contribution in [-0.2, 0) is 0 Å². The number of aromatic nitrogens is 1. The van der Waals surface area contributed by atoms with Crippen LogP contribution in [-0.4, -0.2) is 16.3 Å². The Morgan fingerprint density at radius 1 is 1.05 bits per heavy atom. The second-order valence-corrected chi connectivity index (χ2v) is 4.90.